The maximum Gasteiger partial charge on any atom is 0.0602 e. The Bertz CT molecular complexity index is 252. The van der Waals surface area contributed by atoms with Crippen molar-refractivity contribution in [3.05, 3.63) is 6.92 Å². The standard InChI is InChI=1S/C14H25N2/c1-5-7-8-15-9-11-16(12-10-15)13-14(3,4)6-2/h2,6,8-13H2,1,3-4H3. The van der Waals surface area contributed by atoms with Crippen LogP contribution in [0.3, 0.4) is 0 Å². The highest BCUT2D eigenvalue weighted by Crippen LogP contribution is 2.21. The molecule has 0 aromatic heterocycles. The monoisotopic (exact) mass is 221 g/mol. The zero-order chi connectivity index (χ0) is 12.0. The Labute approximate surface area is 101 Å². The molecule has 0 spiro atoms. The minimum absolute atomic E-state index is 0.353. The lowest BCUT2D eigenvalue weighted by Gasteiger charge is -2.38. The van der Waals surface area contributed by atoms with Crippen molar-refractivity contribution < 1.29 is 0 Å². The Hall–Kier alpha value is -0.520. The lowest BCUT2D eigenvalue weighted by Crippen LogP contribution is -2.48. The van der Waals surface area contributed by atoms with Crippen LogP contribution in [0.1, 0.15) is 27.2 Å². The van der Waals surface area contributed by atoms with Crippen LogP contribution in [0.5, 0.6) is 0 Å². The maximum absolute atomic E-state index is 4.02. The second-order valence-corrected chi connectivity index (χ2v) is 5.39. The fourth-order valence-electron chi connectivity index (χ4n) is 1.98. The van der Waals surface area contributed by atoms with Gasteiger partial charge in [-0.25, -0.2) is 0 Å². The van der Waals surface area contributed by atoms with Crippen LogP contribution in [0.4, 0.5) is 0 Å². The molecule has 1 rings (SSSR count). The van der Waals surface area contributed by atoms with E-state index in [1.54, 1.807) is 0 Å². The van der Waals surface area contributed by atoms with E-state index in [1.807, 2.05) is 6.92 Å². The molecule has 0 bridgehead atoms. The molecule has 0 N–H and O–H groups in total. The van der Waals surface area contributed by atoms with Gasteiger partial charge in [0.1, 0.15) is 0 Å². The molecule has 1 saturated heterocycles. The van der Waals surface area contributed by atoms with Crippen molar-refractivity contribution >= 4 is 0 Å². The topological polar surface area (TPSA) is 6.48 Å². The molecule has 16 heavy (non-hydrogen) atoms. The van der Waals surface area contributed by atoms with Gasteiger partial charge in [-0.15, -0.1) is 5.92 Å². The van der Waals surface area contributed by atoms with Gasteiger partial charge in [0.15, 0.2) is 0 Å². The van der Waals surface area contributed by atoms with E-state index in [0.717, 1.165) is 26.1 Å². The van der Waals surface area contributed by atoms with E-state index in [1.165, 1.54) is 19.6 Å². The first-order valence-electron chi connectivity index (χ1n) is 6.21. The molecular weight excluding hydrogens is 196 g/mol. The highest BCUT2D eigenvalue weighted by Gasteiger charge is 2.22. The van der Waals surface area contributed by atoms with Crippen molar-refractivity contribution in [3.63, 3.8) is 0 Å². The molecule has 0 amide bonds. The highest BCUT2D eigenvalue weighted by atomic mass is 15.3. The molecule has 0 unspecified atom stereocenters. The molecule has 1 aliphatic heterocycles. The van der Waals surface area contributed by atoms with Crippen LogP contribution < -0.4 is 0 Å². The van der Waals surface area contributed by atoms with Gasteiger partial charge in [0.05, 0.1) is 6.54 Å². The molecule has 91 valence electrons. The summed E-state index contributed by atoms with van der Waals surface area (Å²) in [6, 6.07) is 0. The van der Waals surface area contributed by atoms with Crippen LogP contribution in [0, 0.1) is 24.2 Å². The molecule has 0 atom stereocenters. The van der Waals surface area contributed by atoms with Crippen molar-refractivity contribution in [2.75, 3.05) is 39.3 Å². The lowest BCUT2D eigenvalue weighted by molar-refractivity contribution is 0.105. The number of hydrogen-bond acceptors (Lipinski definition) is 2. The molecule has 1 heterocycles. The van der Waals surface area contributed by atoms with Gasteiger partial charge >= 0.3 is 0 Å². The highest BCUT2D eigenvalue weighted by molar-refractivity contribution is 4.98. The molecular formula is C14H25N2. The largest absolute Gasteiger partial charge is 0.300 e. The zero-order valence-electron chi connectivity index (χ0n) is 11.1. The van der Waals surface area contributed by atoms with Crippen molar-refractivity contribution in [2.45, 2.75) is 27.2 Å². The summed E-state index contributed by atoms with van der Waals surface area (Å²) in [6.45, 7) is 17.3. The minimum Gasteiger partial charge on any atom is -0.300 e. The third kappa shape index (κ3) is 4.55. The Morgan fingerprint density at radius 1 is 1.12 bits per heavy atom. The first-order valence-corrected chi connectivity index (χ1v) is 6.21. The molecule has 1 radical (unpaired) electrons. The molecule has 0 aromatic rings. The minimum atomic E-state index is 0.353. The van der Waals surface area contributed by atoms with E-state index < -0.39 is 0 Å². The van der Waals surface area contributed by atoms with Crippen LogP contribution in [-0.2, 0) is 0 Å². The van der Waals surface area contributed by atoms with Gasteiger partial charge in [-0.1, -0.05) is 26.7 Å². The number of nitrogens with zero attached hydrogens (tertiary/aromatic N) is 2. The van der Waals surface area contributed by atoms with Gasteiger partial charge in [0.2, 0.25) is 0 Å². The Balaban J connectivity index is 2.28. The van der Waals surface area contributed by atoms with Crippen molar-refractivity contribution in [2.24, 2.45) is 5.41 Å². The van der Waals surface area contributed by atoms with Gasteiger partial charge in [0, 0.05) is 32.7 Å². The molecule has 0 saturated carbocycles. The summed E-state index contributed by atoms with van der Waals surface area (Å²) in [6.07, 6.45) is 1.01. The van der Waals surface area contributed by atoms with Gasteiger partial charge in [-0.2, -0.15) is 0 Å². The first-order chi connectivity index (χ1) is 7.57. The summed E-state index contributed by atoms with van der Waals surface area (Å²) < 4.78 is 0. The van der Waals surface area contributed by atoms with Crippen LogP contribution in [0.15, 0.2) is 0 Å². The van der Waals surface area contributed by atoms with Gasteiger partial charge in [-0.05, 0) is 18.8 Å². The zero-order valence-corrected chi connectivity index (χ0v) is 11.1. The third-order valence-corrected chi connectivity index (χ3v) is 3.27. The van der Waals surface area contributed by atoms with Gasteiger partial charge < -0.3 is 4.90 Å². The predicted octanol–water partition coefficient (Wildman–Crippen LogP) is 1.88. The second-order valence-electron chi connectivity index (χ2n) is 5.39. The smallest absolute Gasteiger partial charge is 0.0602 e. The van der Waals surface area contributed by atoms with E-state index >= 15 is 0 Å². The van der Waals surface area contributed by atoms with Crippen molar-refractivity contribution in [1.82, 2.24) is 9.80 Å². The third-order valence-electron chi connectivity index (χ3n) is 3.27. The molecule has 1 aliphatic rings. The molecule has 2 heteroatoms. The molecule has 1 fully saturated rings. The second kappa shape index (κ2) is 6.27. The maximum atomic E-state index is 4.02. The van der Waals surface area contributed by atoms with Crippen LogP contribution in [0.2, 0.25) is 0 Å². The summed E-state index contributed by atoms with van der Waals surface area (Å²) in [7, 11) is 0. The van der Waals surface area contributed by atoms with Gasteiger partial charge in [0.25, 0.3) is 0 Å². The lowest BCUT2D eigenvalue weighted by atomic mass is 9.89. The van der Waals surface area contributed by atoms with Gasteiger partial charge in [-0.3, -0.25) is 4.90 Å². The SMILES string of the molecule is [CH2]CC(C)(C)CN1CCN(CC#CC)CC1. The van der Waals surface area contributed by atoms with Crippen LogP contribution >= 0.6 is 0 Å². The summed E-state index contributed by atoms with van der Waals surface area (Å²) >= 11 is 0. The fraction of sp³-hybridized carbons (Fsp3) is 0.786. The number of piperazine rings is 1. The molecule has 2 nitrogen and oxygen atoms in total. The molecule has 0 aliphatic carbocycles. The summed E-state index contributed by atoms with van der Waals surface area (Å²) in [5.74, 6) is 6.10. The average molecular weight is 221 g/mol. The number of hydrogen-bond donors (Lipinski definition) is 0. The Morgan fingerprint density at radius 3 is 2.19 bits per heavy atom. The predicted molar refractivity (Wildman–Crippen MR) is 70.1 cm³/mol. The normalized spacial score (nSPS) is 19.2. The van der Waals surface area contributed by atoms with E-state index in [2.05, 4.69) is 42.4 Å². The summed E-state index contributed by atoms with van der Waals surface area (Å²) in [4.78, 5) is 4.99. The Morgan fingerprint density at radius 2 is 1.69 bits per heavy atom. The molecule has 0 aromatic carbocycles. The summed E-state index contributed by atoms with van der Waals surface area (Å²) in [5.41, 5.74) is 0.353. The Kier molecular flexibility index (Phi) is 5.31. The fourth-order valence-corrected chi connectivity index (χ4v) is 1.98. The van der Waals surface area contributed by atoms with Crippen molar-refractivity contribution in [1.29, 1.82) is 0 Å². The van der Waals surface area contributed by atoms with Crippen molar-refractivity contribution in [3.8, 4) is 11.8 Å². The van der Waals surface area contributed by atoms with E-state index in [9.17, 15) is 0 Å². The van der Waals surface area contributed by atoms with Crippen LogP contribution in [-0.4, -0.2) is 49.1 Å². The first kappa shape index (κ1) is 13.5. The van der Waals surface area contributed by atoms with E-state index in [0.29, 0.717) is 5.41 Å². The van der Waals surface area contributed by atoms with Crippen LogP contribution in [0.25, 0.3) is 0 Å². The van der Waals surface area contributed by atoms with E-state index in [-0.39, 0.29) is 0 Å². The average Bonchev–Trinajstić information content (AvgIpc) is 2.28. The number of rotatable bonds is 4. The quantitative estimate of drug-likeness (QED) is 0.669. The van der Waals surface area contributed by atoms with E-state index in [4.69, 9.17) is 0 Å². The summed E-state index contributed by atoms with van der Waals surface area (Å²) in [5, 5.41) is 0.